The van der Waals surface area contributed by atoms with Crippen LogP contribution in [0.2, 0.25) is 0 Å². The molecular formula is C20H23N3O4S. The predicted molar refractivity (Wildman–Crippen MR) is 104 cm³/mol. The SMILES string of the molecule is COc1cc(C)c(S(=O)(=O)N2CCN3C(=O)c4c(ccnc4C)C3C2)c(C)c1. The second-order valence-corrected chi connectivity index (χ2v) is 9.20. The Labute approximate surface area is 165 Å². The van der Waals surface area contributed by atoms with Gasteiger partial charge in [0, 0.05) is 25.8 Å². The van der Waals surface area contributed by atoms with Crippen molar-refractivity contribution in [3.8, 4) is 5.75 Å². The van der Waals surface area contributed by atoms with E-state index >= 15 is 0 Å². The van der Waals surface area contributed by atoms with Crippen molar-refractivity contribution in [1.82, 2.24) is 14.2 Å². The number of amides is 1. The molecule has 0 bridgehead atoms. The largest absolute Gasteiger partial charge is 0.497 e. The molecule has 2 aliphatic rings. The maximum Gasteiger partial charge on any atom is 0.256 e. The summed E-state index contributed by atoms with van der Waals surface area (Å²) in [5.41, 5.74) is 3.47. The van der Waals surface area contributed by atoms with Gasteiger partial charge in [0.1, 0.15) is 5.75 Å². The number of benzene rings is 1. The van der Waals surface area contributed by atoms with Crippen molar-refractivity contribution >= 4 is 15.9 Å². The molecule has 1 atom stereocenters. The number of sulfonamides is 1. The number of hydrogen-bond acceptors (Lipinski definition) is 5. The molecule has 1 unspecified atom stereocenters. The highest BCUT2D eigenvalue weighted by molar-refractivity contribution is 7.89. The molecule has 8 heteroatoms. The summed E-state index contributed by atoms with van der Waals surface area (Å²) in [7, 11) is -2.13. The molecule has 2 aliphatic heterocycles. The number of nitrogens with zero attached hydrogens (tertiary/aromatic N) is 3. The molecule has 7 nitrogen and oxygen atoms in total. The monoisotopic (exact) mass is 401 g/mol. The smallest absolute Gasteiger partial charge is 0.256 e. The first-order chi connectivity index (χ1) is 13.3. The van der Waals surface area contributed by atoms with Crippen LogP contribution >= 0.6 is 0 Å². The zero-order valence-electron chi connectivity index (χ0n) is 16.4. The molecule has 1 aromatic heterocycles. The molecule has 1 aromatic carbocycles. The Bertz CT molecular complexity index is 1060. The number of methoxy groups -OCH3 is 1. The first kappa shape index (κ1) is 18.9. The minimum absolute atomic E-state index is 0.0561. The average molecular weight is 401 g/mol. The third kappa shape index (κ3) is 2.70. The van der Waals surface area contributed by atoms with E-state index in [0.29, 0.717) is 39.6 Å². The molecule has 2 aromatic rings. The Balaban J connectivity index is 1.72. The quantitative estimate of drug-likeness (QED) is 0.788. The number of aryl methyl sites for hydroxylation is 3. The molecule has 0 aliphatic carbocycles. The lowest BCUT2D eigenvalue weighted by molar-refractivity contribution is 0.0628. The predicted octanol–water partition coefficient (Wildman–Crippen LogP) is 2.22. The van der Waals surface area contributed by atoms with E-state index in [1.165, 1.54) is 4.31 Å². The summed E-state index contributed by atoms with van der Waals surface area (Å²) in [5, 5.41) is 0. The van der Waals surface area contributed by atoms with Gasteiger partial charge in [-0.25, -0.2) is 8.42 Å². The van der Waals surface area contributed by atoms with Crippen molar-refractivity contribution in [2.75, 3.05) is 26.7 Å². The second-order valence-electron chi connectivity index (χ2n) is 7.33. The Kier molecular flexibility index (Phi) is 4.43. The van der Waals surface area contributed by atoms with Gasteiger partial charge in [0.25, 0.3) is 5.91 Å². The molecule has 4 rings (SSSR count). The molecule has 1 saturated heterocycles. The fraction of sp³-hybridized carbons (Fsp3) is 0.400. The summed E-state index contributed by atoms with van der Waals surface area (Å²) in [4.78, 5) is 19.1. The molecule has 1 fully saturated rings. The maximum atomic E-state index is 13.4. The number of ether oxygens (including phenoxy) is 1. The highest BCUT2D eigenvalue weighted by atomic mass is 32.2. The Hall–Kier alpha value is -2.45. The van der Waals surface area contributed by atoms with Gasteiger partial charge in [-0.1, -0.05) is 0 Å². The van der Waals surface area contributed by atoms with Gasteiger partial charge in [-0.15, -0.1) is 0 Å². The lowest BCUT2D eigenvalue weighted by atomic mass is 10.0. The van der Waals surface area contributed by atoms with Crippen LogP contribution in [0.5, 0.6) is 5.75 Å². The van der Waals surface area contributed by atoms with Crippen LogP contribution in [0.25, 0.3) is 0 Å². The number of piperazine rings is 1. The summed E-state index contributed by atoms with van der Waals surface area (Å²) in [6.07, 6.45) is 1.68. The number of carbonyl (C=O) groups is 1. The van der Waals surface area contributed by atoms with Crippen molar-refractivity contribution in [2.24, 2.45) is 0 Å². The van der Waals surface area contributed by atoms with Crippen LogP contribution in [-0.2, 0) is 10.0 Å². The van der Waals surface area contributed by atoms with Gasteiger partial charge in [0.2, 0.25) is 10.0 Å². The van der Waals surface area contributed by atoms with Gasteiger partial charge in [0.15, 0.2) is 0 Å². The number of fused-ring (bicyclic) bond motifs is 3. The van der Waals surface area contributed by atoms with Gasteiger partial charge in [-0.2, -0.15) is 4.31 Å². The van der Waals surface area contributed by atoms with Gasteiger partial charge in [-0.05, 0) is 55.7 Å². The lowest BCUT2D eigenvalue weighted by Crippen LogP contribution is -2.49. The van der Waals surface area contributed by atoms with Gasteiger partial charge in [0.05, 0.1) is 29.3 Å². The van der Waals surface area contributed by atoms with Crippen LogP contribution in [0.4, 0.5) is 0 Å². The maximum absolute atomic E-state index is 13.4. The molecule has 1 amide bonds. The van der Waals surface area contributed by atoms with E-state index in [0.717, 1.165) is 5.56 Å². The van der Waals surface area contributed by atoms with Crippen LogP contribution in [0, 0.1) is 20.8 Å². The fourth-order valence-corrected chi connectivity index (χ4v) is 6.18. The molecule has 0 spiro atoms. The average Bonchev–Trinajstić information content (AvgIpc) is 2.94. The van der Waals surface area contributed by atoms with Crippen LogP contribution in [0.15, 0.2) is 29.3 Å². The van der Waals surface area contributed by atoms with Gasteiger partial charge >= 0.3 is 0 Å². The summed E-state index contributed by atoms with van der Waals surface area (Å²) in [5.74, 6) is 0.580. The number of carbonyl (C=O) groups excluding carboxylic acids is 1. The molecule has 28 heavy (non-hydrogen) atoms. The van der Waals surface area contributed by atoms with E-state index in [9.17, 15) is 13.2 Å². The highest BCUT2D eigenvalue weighted by Crippen LogP contribution is 2.39. The zero-order chi connectivity index (χ0) is 20.2. The van der Waals surface area contributed by atoms with Crippen LogP contribution in [-0.4, -0.2) is 55.3 Å². The van der Waals surface area contributed by atoms with E-state index in [4.69, 9.17) is 4.74 Å². The molecule has 0 N–H and O–H groups in total. The van der Waals surface area contributed by atoms with Crippen molar-refractivity contribution in [1.29, 1.82) is 0 Å². The first-order valence-electron chi connectivity index (χ1n) is 9.17. The summed E-state index contributed by atoms with van der Waals surface area (Å²) in [6, 6.07) is 5.02. The van der Waals surface area contributed by atoms with Crippen molar-refractivity contribution in [3.63, 3.8) is 0 Å². The van der Waals surface area contributed by atoms with E-state index in [1.807, 2.05) is 13.0 Å². The number of pyridine rings is 1. The third-order valence-corrected chi connectivity index (χ3v) is 7.79. The van der Waals surface area contributed by atoms with Gasteiger partial charge in [-0.3, -0.25) is 9.78 Å². The first-order valence-corrected chi connectivity index (χ1v) is 10.6. The van der Waals surface area contributed by atoms with Crippen LogP contribution in [0.1, 0.15) is 38.8 Å². The lowest BCUT2D eigenvalue weighted by Gasteiger charge is -2.37. The minimum Gasteiger partial charge on any atom is -0.497 e. The van der Waals surface area contributed by atoms with Crippen molar-refractivity contribution in [2.45, 2.75) is 31.7 Å². The second kappa shape index (κ2) is 6.56. The zero-order valence-corrected chi connectivity index (χ0v) is 17.2. The van der Waals surface area contributed by atoms with Crippen LogP contribution < -0.4 is 4.74 Å². The molecule has 148 valence electrons. The van der Waals surface area contributed by atoms with Crippen molar-refractivity contribution < 1.29 is 17.9 Å². The Morgan fingerprint density at radius 1 is 1.14 bits per heavy atom. The fourth-order valence-electron chi connectivity index (χ4n) is 4.34. The normalized spacial score (nSPS) is 19.5. The molecule has 3 heterocycles. The van der Waals surface area contributed by atoms with E-state index < -0.39 is 10.0 Å². The standard InChI is InChI=1S/C20H23N3O4S/c1-12-9-15(27-4)10-13(2)19(12)28(25,26)22-7-8-23-17(11-22)16-5-6-21-14(3)18(16)20(23)24/h5-6,9-10,17H,7-8,11H2,1-4H3. The third-order valence-electron chi connectivity index (χ3n) is 5.62. The Morgan fingerprint density at radius 2 is 1.82 bits per heavy atom. The summed E-state index contributed by atoms with van der Waals surface area (Å²) in [6.45, 7) is 6.26. The highest BCUT2D eigenvalue weighted by Gasteiger charge is 2.44. The molecule has 0 radical (unpaired) electrons. The Morgan fingerprint density at radius 3 is 2.46 bits per heavy atom. The van der Waals surface area contributed by atoms with Crippen LogP contribution in [0.3, 0.4) is 0 Å². The van der Waals surface area contributed by atoms with Crippen molar-refractivity contribution in [3.05, 3.63) is 52.3 Å². The van der Waals surface area contributed by atoms with Gasteiger partial charge < -0.3 is 9.64 Å². The summed E-state index contributed by atoms with van der Waals surface area (Å²) < 4.78 is 33.6. The summed E-state index contributed by atoms with van der Waals surface area (Å²) >= 11 is 0. The number of aromatic nitrogens is 1. The minimum atomic E-state index is -3.69. The number of hydrogen-bond donors (Lipinski definition) is 0. The van der Waals surface area contributed by atoms with E-state index in [-0.39, 0.29) is 25.0 Å². The van der Waals surface area contributed by atoms with E-state index in [1.54, 1.807) is 44.2 Å². The number of rotatable bonds is 3. The topological polar surface area (TPSA) is 79.8 Å². The van der Waals surface area contributed by atoms with E-state index in [2.05, 4.69) is 4.98 Å². The molecular weight excluding hydrogens is 378 g/mol. The molecule has 0 saturated carbocycles.